The zero-order chi connectivity index (χ0) is 19.5. The molecule has 1 saturated carbocycles. The third kappa shape index (κ3) is 6.93. The van der Waals surface area contributed by atoms with E-state index in [0.29, 0.717) is 0 Å². The predicted molar refractivity (Wildman–Crippen MR) is 112 cm³/mol. The third-order valence-electron chi connectivity index (χ3n) is 6.85. The van der Waals surface area contributed by atoms with Crippen molar-refractivity contribution in [1.82, 2.24) is 0 Å². The molecule has 0 spiro atoms. The van der Waals surface area contributed by atoms with Crippen molar-refractivity contribution in [1.29, 1.82) is 0 Å². The molecule has 0 heterocycles. The molecular weight excluding hydrogens is 336 g/mol. The molecule has 2 aliphatic rings. The SMILES string of the molecule is CCCCO[C@H]1C=C(C[C@](CC)(CCC2CCCCC2)C(=O)OC)CCC1. The average molecular weight is 379 g/mol. The molecule has 1 fully saturated rings. The summed E-state index contributed by atoms with van der Waals surface area (Å²) >= 11 is 0. The van der Waals surface area contributed by atoms with E-state index >= 15 is 0 Å². The van der Waals surface area contributed by atoms with Crippen LogP contribution in [0.1, 0.15) is 104 Å². The van der Waals surface area contributed by atoms with Crippen LogP contribution in [0.3, 0.4) is 0 Å². The molecule has 0 saturated heterocycles. The van der Waals surface area contributed by atoms with Crippen LogP contribution in [0.5, 0.6) is 0 Å². The predicted octanol–water partition coefficient (Wildman–Crippen LogP) is 6.60. The first-order valence-corrected chi connectivity index (χ1v) is 11.5. The normalized spacial score (nSPS) is 23.5. The van der Waals surface area contributed by atoms with Gasteiger partial charge >= 0.3 is 5.97 Å². The second-order valence-electron chi connectivity index (χ2n) is 8.82. The molecule has 0 unspecified atom stereocenters. The van der Waals surface area contributed by atoms with Crippen molar-refractivity contribution in [2.24, 2.45) is 11.3 Å². The first kappa shape index (κ1) is 22.5. The van der Waals surface area contributed by atoms with Crippen LogP contribution in [0.4, 0.5) is 0 Å². The summed E-state index contributed by atoms with van der Waals surface area (Å²) in [5.41, 5.74) is 1.07. The summed E-state index contributed by atoms with van der Waals surface area (Å²) in [6.45, 7) is 5.21. The van der Waals surface area contributed by atoms with Crippen molar-refractivity contribution in [3.63, 3.8) is 0 Å². The van der Waals surface area contributed by atoms with Crippen molar-refractivity contribution < 1.29 is 14.3 Å². The highest BCUT2D eigenvalue weighted by atomic mass is 16.5. The van der Waals surface area contributed by atoms with Gasteiger partial charge in [-0.3, -0.25) is 4.79 Å². The van der Waals surface area contributed by atoms with Gasteiger partial charge in [0.15, 0.2) is 0 Å². The highest BCUT2D eigenvalue weighted by Crippen LogP contribution is 2.42. The summed E-state index contributed by atoms with van der Waals surface area (Å²) in [6.07, 6.45) is 18.9. The monoisotopic (exact) mass is 378 g/mol. The first-order chi connectivity index (χ1) is 13.1. The number of esters is 1. The minimum absolute atomic E-state index is 0.00395. The van der Waals surface area contributed by atoms with Gasteiger partial charge in [0, 0.05) is 6.61 Å². The average Bonchev–Trinajstić information content (AvgIpc) is 2.72. The highest BCUT2D eigenvalue weighted by Gasteiger charge is 2.39. The molecule has 0 aromatic heterocycles. The Bertz CT molecular complexity index is 464. The van der Waals surface area contributed by atoms with Crippen LogP contribution in [0.25, 0.3) is 0 Å². The van der Waals surface area contributed by atoms with Crippen molar-refractivity contribution in [3.8, 4) is 0 Å². The van der Waals surface area contributed by atoms with E-state index in [0.717, 1.165) is 51.0 Å². The summed E-state index contributed by atoms with van der Waals surface area (Å²) in [6, 6.07) is 0. The lowest BCUT2D eigenvalue weighted by Gasteiger charge is -2.34. The largest absolute Gasteiger partial charge is 0.469 e. The number of rotatable bonds is 11. The van der Waals surface area contributed by atoms with E-state index in [4.69, 9.17) is 9.47 Å². The maximum atomic E-state index is 12.8. The van der Waals surface area contributed by atoms with E-state index in [1.165, 1.54) is 56.9 Å². The standard InChI is InChI=1S/C24H42O3/c1-4-6-17-27-22-14-10-13-21(18-22)19-24(5-2,23(25)26-3)16-15-20-11-8-7-9-12-20/h18,20,22H,4-17,19H2,1-3H3/t22-,24+/m1/s1. The topological polar surface area (TPSA) is 35.5 Å². The third-order valence-corrected chi connectivity index (χ3v) is 6.85. The van der Waals surface area contributed by atoms with Crippen LogP contribution in [-0.2, 0) is 14.3 Å². The van der Waals surface area contributed by atoms with Crippen LogP contribution < -0.4 is 0 Å². The summed E-state index contributed by atoms with van der Waals surface area (Å²) in [5, 5.41) is 0. The fourth-order valence-corrected chi connectivity index (χ4v) is 4.93. The van der Waals surface area contributed by atoms with Crippen molar-refractivity contribution in [2.45, 2.75) is 110 Å². The van der Waals surface area contributed by atoms with E-state index < -0.39 is 0 Å². The molecule has 2 aliphatic carbocycles. The van der Waals surface area contributed by atoms with Crippen LogP contribution in [0.15, 0.2) is 11.6 Å². The number of carbonyl (C=O) groups is 1. The summed E-state index contributed by atoms with van der Waals surface area (Å²) in [5.74, 6) is 0.801. The zero-order valence-corrected chi connectivity index (χ0v) is 18.1. The lowest BCUT2D eigenvalue weighted by molar-refractivity contribution is -0.154. The fourth-order valence-electron chi connectivity index (χ4n) is 4.93. The van der Waals surface area contributed by atoms with Gasteiger partial charge in [0.1, 0.15) is 0 Å². The minimum Gasteiger partial charge on any atom is -0.469 e. The van der Waals surface area contributed by atoms with E-state index in [-0.39, 0.29) is 17.5 Å². The Hall–Kier alpha value is -0.830. The van der Waals surface area contributed by atoms with Gasteiger partial charge in [-0.25, -0.2) is 0 Å². The number of carbonyl (C=O) groups excluding carboxylic acids is 1. The number of allylic oxidation sites excluding steroid dienone is 1. The van der Waals surface area contributed by atoms with Crippen LogP contribution >= 0.6 is 0 Å². The Morgan fingerprint density at radius 3 is 2.59 bits per heavy atom. The maximum Gasteiger partial charge on any atom is 0.312 e. The number of hydrogen-bond donors (Lipinski definition) is 0. The van der Waals surface area contributed by atoms with Gasteiger partial charge in [0.2, 0.25) is 0 Å². The van der Waals surface area contributed by atoms with Gasteiger partial charge in [0.25, 0.3) is 0 Å². The number of ether oxygens (including phenoxy) is 2. The minimum atomic E-state index is -0.344. The molecule has 2 rings (SSSR count). The lowest BCUT2D eigenvalue weighted by Crippen LogP contribution is -2.34. The Balaban J connectivity index is 2.02. The zero-order valence-electron chi connectivity index (χ0n) is 18.1. The van der Waals surface area contributed by atoms with E-state index in [1.807, 2.05) is 0 Å². The molecule has 3 heteroatoms. The molecule has 0 aliphatic heterocycles. The van der Waals surface area contributed by atoms with Gasteiger partial charge < -0.3 is 9.47 Å². The number of hydrogen-bond acceptors (Lipinski definition) is 3. The second-order valence-corrected chi connectivity index (χ2v) is 8.82. The Morgan fingerprint density at radius 2 is 1.93 bits per heavy atom. The molecular formula is C24H42O3. The highest BCUT2D eigenvalue weighted by molar-refractivity contribution is 5.77. The fraction of sp³-hybridized carbons (Fsp3) is 0.875. The number of methoxy groups -OCH3 is 1. The van der Waals surface area contributed by atoms with Crippen LogP contribution in [-0.4, -0.2) is 25.8 Å². The summed E-state index contributed by atoms with van der Waals surface area (Å²) in [7, 11) is 1.55. The Labute approximate surface area is 167 Å². The van der Waals surface area contributed by atoms with Gasteiger partial charge in [-0.2, -0.15) is 0 Å². The smallest absolute Gasteiger partial charge is 0.312 e. The molecule has 0 N–H and O–H groups in total. The van der Waals surface area contributed by atoms with Crippen molar-refractivity contribution >= 4 is 5.97 Å². The maximum absolute atomic E-state index is 12.8. The molecule has 0 bridgehead atoms. The molecule has 156 valence electrons. The molecule has 27 heavy (non-hydrogen) atoms. The Morgan fingerprint density at radius 1 is 1.15 bits per heavy atom. The molecule has 0 aromatic carbocycles. The Kier molecular flexibility index (Phi) is 9.89. The number of unbranched alkanes of at least 4 members (excludes halogenated alkanes) is 1. The second kappa shape index (κ2) is 11.9. The van der Waals surface area contributed by atoms with Gasteiger partial charge in [-0.05, 0) is 57.3 Å². The van der Waals surface area contributed by atoms with Gasteiger partial charge in [-0.15, -0.1) is 0 Å². The summed E-state index contributed by atoms with van der Waals surface area (Å²) < 4.78 is 11.3. The van der Waals surface area contributed by atoms with E-state index in [9.17, 15) is 4.79 Å². The quantitative estimate of drug-likeness (QED) is 0.231. The van der Waals surface area contributed by atoms with Crippen LogP contribution in [0, 0.1) is 11.3 Å². The summed E-state index contributed by atoms with van der Waals surface area (Å²) in [4.78, 5) is 12.8. The van der Waals surface area contributed by atoms with Crippen LogP contribution in [0.2, 0.25) is 0 Å². The molecule has 3 nitrogen and oxygen atoms in total. The van der Waals surface area contributed by atoms with Gasteiger partial charge in [-0.1, -0.05) is 64.0 Å². The van der Waals surface area contributed by atoms with Crippen molar-refractivity contribution in [2.75, 3.05) is 13.7 Å². The first-order valence-electron chi connectivity index (χ1n) is 11.5. The van der Waals surface area contributed by atoms with E-state index in [2.05, 4.69) is 19.9 Å². The molecule has 2 atom stereocenters. The van der Waals surface area contributed by atoms with Crippen molar-refractivity contribution in [3.05, 3.63) is 11.6 Å². The van der Waals surface area contributed by atoms with E-state index in [1.54, 1.807) is 7.11 Å². The molecule has 0 amide bonds. The molecule has 0 radical (unpaired) electrons. The molecule has 0 aromatic rings. The van der Waals surface area contributed by atoms with Gasteiger partial charge in [0.05, 0.1) is 18.6 Å². The lowest BCUT2D eigenvalue weighted by atomic mass is 9.71.